The summed E-state index contributed by atoms with van der Waals surface area (Å²) >= 11 is 6.23. The van der Waals surface area contributed by atoms with Gasteiger partial charge in [-0.05, 0) is 54.8 Å². The molecule has 3 N–H and O–H groups in total. The second kappa shape index (κ2) is 7.50. The van der Waals surface area contributed by atoms with Gasteiger partial charge >= 0.3 is 11.9 Å². The quantitative estimate of drug-likeness (QED) is 0.366. The van der Waals surface area contributed by atoms with Gasteiger partial charge in [0.1, 0.15) is 16.0 Å². The van der Waals surface area contributed by atoms with E-state index >= 15 is 0 Å². The summed E-state index contributed by atoms with van der Waals surface area (Å²) in [6.07, 6.45) is 0. The van der Waals surface area contributed by atoms with Crippen molar-refractivity contribution in [1.82, 2.24) is 0 Å². The monoisotopic (exact) mass is 491 g/mol. The number of nitrogens with zero attached hydrogens (tertiary/aromatic N) is 1. The molecule has 0 aliphatic heterocycles. The number of amides is 1. The van der Waals surface area contributed by atoms with Crippen LogP contribution in [0.1, 0.15) is 11.1 Å². The van der Waals surface area contributed by atoms with Gasteiger partial charge in [0.05, 0.1) is 10.2 Å². The van der Waals surface area contributed by atoms with Gasteiger partial charge in [-0.2, -0.15) is 0 Å². The Morgan fingerprint density at radius 2 is 1.56 bits per heavy atom. The number of hydrogen-bond donors (Lipinski definition) is 3. The fraction of sp³-hybridized carbons (Fsp3) is 0. The first-order valence-corrected chi connectivity index (χ1v) is 9.13. The van der Waals surface area contributed by atoms with Gasteiger partial charge in [-0.25, -0.2) is 9.79 Å². The molecule has 0 saturated carbocycles. The number of benzene rings is 3. The summed E-state index contributed by atoms with van der Waals surface area (Å²) in [6.45, 7) is 0. The van der Waals surface area contributed by atoms with Crippen molar-refractivity contribution < 1.29 is 24.9 Å². The number of carbonyl (C=O) groups excluding carboxylic acids is 1. The highest BCUT2D eigenvalue weighted by Gasteiger charge is 2.22. The molecule has 0 unspecified atom stereocenters. The summed E-state index contributed by atoms with van der Waals surface area (Å²) in [5, 5.41) is 31.1. The van der Waals surface area contributed by atoms with Crippen LogP contribution in [0.2, 0.25) is 0 Å². The lowest BCUT2D eigenvalue weighted by Gasteiger charge is -2.13. The number of rotatable bonds is 2. The van der Waals surface area contributed by atoms with E-state index in [0.29, 0.717) is 5.56 Å². The van der Waals surface area contributed by atoms with Gasteiger partial charge in [0.15, 0.2) is 0 Å². The van der Waals surface area contributed by atoms with Crippen LogP contribution in [0, 0.1) is 0 Å². The highest BCUT2D eigenvalue weighted by molar-refractivity contribution is 9.11. The van der Waals surface area contributed by atoms with E-state index in [4.69, 9.17) is 5.11 Å². The van der Waals surface area contributed by atoms with Crippen LogP contribution in [0.25, 0.3) is 10.8 Å². The van der Waals surface area contributed by atoms with Crippen molar-refractivity contribution in [2.75, 3.05) is 0 Å². The lowest BCUT2D eigenvalue weighted by Crippen LogP contribution is -2.14. The fourth-order valence-corrected chi connectivity index (χ4v) is 3.67. The number of carbonyl (C=O) groups is 2. The van der Waals surface area contributed by atoms with E-state index in [2.05, 4.69) is 36.9 Å². The topological polar surface area (TPSA) is 107 Å². The predicted molar refractivity (Wildman–Crippen MR) is 107 cm³/mol. The van der Waals surface area contributed by atoms with E-state index in [1.54, 1.807) is 18.2 Å². The summed E-state index contributed by atoms with van der Waals surface area (Å²) in [5.41, 5.74) is 0.478. The molecule has 0 bridgehead atoms. The second-order valence-corrected chi connectivity index (χ2v) is 7.20. The van der Waals surface area contributed by atoms with E-state index in [-0.39, 0.29) is 31.7 Å². The van der Waals surface area contributed by atoms with Crippen molar-refractivity contribution in [2.45, 2.75) is 0 Å². The average molecular weight is 493 g/mol. The number of fused-ring (bicyclic) bond motifs is 1. The number of halogens is 2. The Morgan fingerprint density at radius 1 is 0.889 bits per heavy atom. The highest BCUT2D eigenvalue weighted by Crippen LogP contribution is 2.42. The molecule has 0 aromatic heterocycles. The molecule has 1 amide bonds. The van der Waals surface area contributed by atoms with Crippen LogP contribution in [0.3, 0.4) is 0 Å². The zero-order valence-electron chi connectivity index (χ0n) is 13.5. The van der Waals surface area contributed by atoms with E-state index in [1.165, 1.54) is 6.07 Å². The highest BCUT2D eigenvalue weighted by atomic mass is 79.9. The SMILES string of the molecule is O=C(O)C(=O)N=C(c1ccc2ccccc2c1)c1cc(Br)c(O)c(Br)c1O. The zero-order chi connectivity index (χ0) is 19.7. The molecule has 8 heteroatoms. The Morgan fingerprint density at radius 3 is 2.22 bits per heavy atom. The van der Waals surface area contributed by atoms with Crippen LogP contribution >= 0.6 is 31.9 Å². The Kier molecular flexibility index (Phi) is 5.29. The van der Waals surface area contributed by atoms with Crippen molar-refractivity contribution in [3.8, 4) is 11.5 Å². The summed E-state index contributed by atoms with van der Waals surface area (Å²) in [6, 6.07) is 14.1. The van der Waals surface area contributed by atoms with Crippen LogP contribution in [-0.2, 0) is 9.59 Å². The first-order valence-electron chi connectivity index (χ1n) is 7.55. The Labute approximate surface area is 170 Å². The minimum atomic E-state index is -1.72. The smallest absolute Gasteiger partial charge is 0.396 e. The van der Waals surface area contributed by atoms with Crippen LogP contribution in [0.4, 0.5) is 0 Å². The largest absolute Gasteiger partial charge is 0.506 e. The van der Waals surface area contributed by atoms with Crippen LogP contribution in [-0.4, -0.2) is 32.9 Å². The van der Waals surface area contributed by atoms with Crippen molar-refractivity contribution in [1.29, 1.82) is 0 Å². The van der Waals surface area contributed by atoms with E-state index in [0.717, 1.165) is 10.8 Å². The first kappa shape index (κ1) is 19.1. The molecule has 27 heavy (non-hydrogen) atoms. The molecule has 0 atom stereocenters. The standard InChI is InChI=1S/C19H11Br2NO5/c20-13-8-12(16(23)14(21)17(13)24)15(22-18(25)19(26)27)11-6-5-9-3-1-2-4-10(9)7-11/h1-8,23-24H,(H,26,27). The van der Waals surface area contributed by atoms with Crippen molar-refractivity contribution in [2.24, 2.45) is 4.99 Å². The summed E-state index contributed by atoms with van der Waals surface area (Å²) in [4.78, 5) is 26.5. The number of carboxylic acid groups (broad SMARTS) is 1. The third kappa shape index (κ3) is 3.72. The molecule has 0 heterocycles. The molecule has 0 aliphatic carbocycles. The third-order valence-electron chi connectivity index (χ3n) is 3.84. The number of aliphatic imine (C=N–C) groups is 1. The Balaban J connectivity index is 2.30. The van der Waals surface area contributed by atoms with Gasteiger partial charge in [0, 0.05) is 11.1 Å². The maximum absolute atomic E-state index is 11.8. The fourth-order valence-electron chi connectivity index (χ4n) is 2.55. The Hall–Kier alpha value is -2.71. The van der Waals surface area contributed by atoms with E-state index in [1.807, 2.05) is 24.3 Å². The minimum Gasteiger partial charge on any atom is -0.506 e. The zero-order valence-corrected chi connectivity index (χ0v) is 16.7. The lowest BCUT2D eigenvalue weighted by atomic mass is 9.98. The molecular formula is C19H11Br2NO5. The van der Waals surface area contributed by atoms with Crippen LogP contribution in [0.15, 0.2) is 62.5 Å². The second-order valence-electron chi connectivity index (χ2n) is 5.55. The molecule has 136 valence electrons. The van der Waals surface area contributed by atoms with Gasteiger partial charge in [0.25, 0.3) is 0 Å². The molecule has 3 aromatic carbocycles. The number of hydrogen-bond acceptors (Lipinski definition) is 4. The number of phenols is 2. The third-order valence-corrected chi connectivity index (χ3v) is 5.20. The molecule has 3 rings (SSSR count). The van der Waals surface area contributed by atoms with Gasteiger partial charge in [0.2, 0.25) is 0 Å². The maximum atomic E-state index is 11.8. The normalized spacial score (nSPS) is 11.6. The summed E-state index contributed by atoms with van der Waals surface area (Å²) < 4.78 is 0.224. The van der Waals surface area contributed by atoms with Crippen LogP contribution < -0.4 is 0 Å². The molecule has 0 radical (unpaired) electrons. The number of carboxylic acids is 1. The number of aromatic hydroxyl groups is 2. The summed E-state index contributed by atoms with van der Waals surface area (Å²) in [7, 11) is 0. The molecule has 3 aromatic rings. The lowest BCUT2D eigenvalue weighted by molar-refractivity contribution is -0.148. The first-order chi connectivity index (χ1) is 12.8. The average Bonchev–Trinajstić information content (AvgIpc) is 2.66. The molecule has 0 fully saturated rings. The molecule has 0 spiro atoms. The van der Waals surface area contributed by atoms with Crippen molar-refractivity contribution in [3.63, 3.8) is 0 Å². The molecule has 0 saturated heterocycles. The van der Waals surface area contributed by atoms with Gasteiger partial charge in [-0.3, -0.25) is 4.79 Å². The number of phenolic OH excluding ortho intramolecular Hbond substituents is 2. The predicted octanol–water partition coefficient (Wildman–Crippen LogP) is 4.22. The van der Waals surface area contributed by atoms with Crippen molar-refractivity contribution >= 4 is 60.2 Å². The van der Waals surface area contributed by atoms with Gasteiger partial charge in [-0.15, -0.1) is 0 Å². The molecule has 6 nitrogen and oxygen atoms in total. The summed E-state index contributed by atoms with van der Waals surface area (Å²) in [5.74, 6) is -3.71. The van der Waals surface area contributed by atoms with E-state index in [9.17, 15) is 19.8 Å². The number of aliphatic carboxylic acids is 1. The molecular weight excluding hydrogens is 482 g/mol. The maximum Gasteiger partial charge on any atom is 0.396 e. The van der Waals surface area contributed by atoms with Crippen molar-refractivity contribution in [3.05, 3.63) is 68.6 Å². The van der Waals surface area contributed by atoms with Gasteiger partial charge < -0.3 is 15.3 Å². The minimum absolute atomic E-state index is 0.0110. The van der Waals surface area contributed by atoms with Gasteiger partial charge in [-0.1, -0.05) is 36.4 Å². The molecule has 0 aliphatic rings. The van der Waals surface area contributed by atoms with E-state index < -0.39 is 11.9 Å². The van der Waals surface area contributed by atoms with Crippen LogP contribution in [0.5, 0.6) is 11.5 Å². The Bertz CT molecular complexity index is 1120.